The van der Waals surface area contributed by atoms with Crippen LogP contribution in [-0.4, -0.2) is 5.11 Å². The molecule has 0 amide bonds. The molecule has 2 N–H and O–H groups in total. The van der Waals surface area contributed by atoms with Crippen molar-refractivity contribution in [2.24, 2.45) is 0 Å². The lowest BCUT2D eigenvalue weighted by Crippen LogP contribution is -2.33. The predicted molar refractivity (Wildman–Crippen MR) is 119 cm³/mol. The van der Waals surface area contributed by atoms with Crippen molar-refractivity contribution in [3.63, 3.8) is 0 Å². The molecule has 2 nitrogen and oxygen atoms in total. The first kappa shape index (κ1) is 19.1. The van der Waals surface area contributed by atoms with E-state index in [4.69, 9.17) is 12.2 Å². The van der Waals surface area contributed by atoms with Crippen LogP contribution in [0.5, 0.6) is 0 Å². The number of hydrogen-bond acceptors (Lipinski definition) is 1. The Morgan fingerprint density at radius 3 is 2.04 bits per heavy atom. The first-order chi connectivity index (χ1) is 12.9. The van der Waals surface area contributed by atoms with Crippen LogP contribution in [0.2, 0.25) is 0 Å². The third-order valence-electron chi connectivity index (χ3n) is 4.77. The molecule has 0 aliphatic rings. The lowest BCUT2D eigenvalue weighted by Gasteiger charge is -2.24. The fourth-order valence-electron chi connectivity index (χ4n) is 3.38. The van der Waals surface area contributed by atoms with Crippen molar-refractivity contribution in [3.05, 3.63) is 100 Å². The first-order valence-corrected chi connectivity index (χ1v) is 9.62. The van der Waals surface area contributed by atoms with E-state index >= 15 is 0 Å². The molecule has 0 spiro atoms. The van der Waals surface area contributed by atoms with Crippen LogP contribution >= 0.6 is 12.2 Å². The van der Waals surface area contributed by atoms with Gasteiger partial charge in [-0.1, -0.05) is 71.8 Å². The minimum Gasteiger partial charge on any atom is -0.352 e. The summed E-state index contributed by atoms with van der Waals surface area (Å²) >= 11 is 5.65. The highest BCUT2D eigenvalue weighted by atomic mass is 32.1. The third kappa shape index (κ3) is 4.75. The fraction of sp³-hybridized carbons (Fsp3) is 0.208. The van der Waals surface area contributed by atoms with Gasteiger partial charge in [0.2, 0.25) is 0 Å². The van der Waals surface area contributed by atoms with Crippen molar-refractivity contribution in [2.45, 2.75) is 33.7 Å². The van der Waals surface area contributed by atoms with Gasteiger partial charge in [0.15, 0.2) is 5.11 Å². The summed E-state index contributed by atoms with van der Waals surface area (Å²) in [4.78, 5) is 0. The van der Waals surface area contributed by atoms with Crippen LogP contribution in [-0.2, 0) is 0 Å². The molecule has 0 saturated heterocycles. The quantitative estimate of drug-likeness (QED) is 0.548. The Hall–Kier alpha value is -2.65. The van der Waals surface area contributed by atoms with Crippen LogP contribution in [0.3, 0.4) is 0 Å². The highest BCUT2D eigenvalue weighted by Crippen LogP contribution is 2.26. The van der Waals surface area contributed by atoms with E-state index in [1.165, 1.54) is 33.4 Å². The van der Waals surface area contributed by atoms with E-state index in [1.54, 1.807) is 0 Å². The van der Waals surface area contributed by atoms with Gasteiger partial charge >= 0.3 is 0 Å². The van der Waals surface area contributed by atoms with Gasteiger partial charge < -0.3 is 10.6 Å². The van der Waals surface area contributed by atoms with E-state index in [0.29, 0.717) is 5.11 Å². The van der Waals surface area contributed by atoms with E-state index in [1.807, 2.05) is 6.07 Å². The van der Waals surface area contributed by atoms with Crippen LogP contribution in [0.1, 0.15) is 39.4 Å². The van der Waals surface area contributed by atoms with Crippen LogP contribution in [0, 0.1) is 27.7 Å². The van der Waals surface area contributed by atoms with E-state index in [2.05, 4.69) is 99.0 Å². The molecule has 0 bridgehead atoms. The second kappa shape index (κ2) is 8.36. The molecule has 3 aromatic carbocycles. The molecule has 0 aromatic heterocycles. The van der Waals surface area contributed by atoms with Gasteiger partial charge in [-0.3, -0.25) is 0 Å². The molecule has 3 rings (SSSR count). The van der Waals surface area contributed by atoms with Crippen LogP contribution in [0.15, 0.2) is 66.7 Å². The normalized spacial score (nSPS) is 11.7. The number of benzene rings is 3. The van der Waals surface area contributed by atoms with Gasteiger partial charge in [-0.25, -0.2) is 0 Å². The largest absolute Gasteiger partial charge is 0.352 e. The molecule has 138 valence electrons. The van der Waals surface area contributed by atoms with E-state index in [-0.39, 0.29) is 6.04 Å². The monoisotopic (exact) mass is 374 g/mol. The Morgan fingerprint density at radius 1 is 0.778 bits per heavy atom. The zero-order valence-electron chi connectivity index (χ0n) is 16.3. The Morgan fingerprint density at radius 2 is 1.41 bits per heavy atom. The number of nitrogens with one attached hydrogen (secondary N) is 2. The van der Waals surface area contributed by atoms with Gasteiger partial charge in [-0.15, -0.1) is 0 Å². The molecule has 0 radical (unpaired) electrons. The molecule has 0 aliphatic heterocycles. The highest BCUT2D eigenvalue weighted by molar-refractivity contribution is 7.80. The molecule has 0 unspecified atom stereocenters. The first-order valence-electron chi connectivity index (χ1n) is 9.21. The highest BCUT2D eigenvalue weighted by Gasteiger charge is 2.17. The molecule has 0 heterocycles. The van der Waals surface area contributed by atoms with Crippen LogP contribution < -0.4 is 10.6 Å². The molecule has 27 heavy (non-hydrogen) atoms. The summed E-state index contributed by atoms with van der Waals surface area (Å²) in [6, 6.07) is 23.3. The maximum atomic E-state index is 5.65. The molecule has 1 atom stereocenters. The minimum absolute atomic E-state index is 0.00226. The minimum atomic E-state index is -0.00226. The molecule has 0 saturated carbocycles. The Kier molecular flexibility index (Phi) is 5.92. The van der Waals surface area contributed by atoms with E-state index in [9.17, 15) is 0 Å². The van der Waals surface area contributed by atoms with Gasteiger partial charge in [-0.05, 0) is 68.2 Å². The predicted octanol–water partition coefficient (Wildman–Crippen LogP) is 6.00. The smallest absolute Gasteiger partial charge is 0.171 e. The summed E-state index contributed by atoms with van der Waals surface area (Å²) in [5.41, 5.74) is 8.40. The fourth-order valence-corrected chi connectivity index (χ4v) is 3.61. The number of anilines is 1. The third-order valence-corrected chi connectivity index (χ3v) is 4.99. The second-order valence-corrected chi connectivity index (χ2v) is 7.53. The van der Waals surface area contributed by atoms with Crippen molar-refractivity contribution in [1.29, 1.82) is 0 Å². The van der Waals surface area contributed by atoms with E-state index in [0.717, 1.165) is 5.69 Å². The second-order valence-electron chi connectivity index (χ2n) is 7.12. The maximum absolute atomic E-state index is 5.65. The van der Waals surface area contributed by atoms with Crippen molar-refractivity contribution in [1.82, 2.24) is 5.32 Å². The van der Waals surface area contributed by atoms with Gasteiger partial charge in [-0.2, -0.15) is 0 Å². The van der Waals surface area contributed by atoms with Gasteiger partial charge in [0, 0.05) is 5.69 Å². The maximum Gasteiger partial charge on any atom is 0.171 e. The lowest BCUT2D eigenvalue weighted by atomic mass is 9.94. The average molecular weight is 375 g/mol. The van der Waals surface area contributed by atoms with Crippen molar-refractivity contribution < 1.29 is 0 Å². The molecule has 0 aliphatic carbocycles. The Bertz CT molecular complexity index is 948. The lowest BCUT2D eigenvalue weighted by molar-refractivity contribution is 0.762. The summed E-state index contributed by atoms with van der Waals surface area (Å²) in [7, 11) is 0. The number of thiocarbonyl (C=S) groups is 1. The zero-order chi connectivity index (χ0) is 19.4. The van der Waals surface area contributed by atoms with Gasteiger partial charge in [0.25, 0.3) is 0 Å². The van der Waals surface area contributed by atoms with Crippen LogP contribution in [0.25, 0.3) is 0 Å². The number of aryl methyl sites for hydroxylation is 4. The summed E-state index contributed by atoms with van der Waals surface area (Å²) in [5, 5.41) is 7.50. The SMILES string of the molecule is Cc1ccc(NC(=S)N[C@H](c2ccccc2)c2ccc(C)cc2C)c(C)c1. The van der Waals surface area contributed by atoms with Crippen molar-refractivity contribution >= 4 is 23.0 Å². The Labute approximate surface area is 167 Å². The topological polar surface area (TPSA) is 24.1 Å². The summed E-state index contributed by atoms with van der Waals surface area (Å²) < 4.78 is 0. The Balaban J connectivity index is 1.88. The summed E-state index contributed by atoms with van der Waals surface area (Å²) in [5.74, 6) is 0. The van der Waals surface area contributed by atoms with E-state index < -0.39 is 0 Å². The average Bonchev–Trinajstić information content (AvgIpc) is 2.63. The van der Waals surface area contributed by atoms with Gasteiger partial charge in [0.05, 0.1) is 6.04 Å². The van der Waals surface area contributed by atoms with Crippen molar-refractivity contribution in [2.75, 3.05) is 5.32 Å². The van der Waals surface area contributed by atoms with Crippen LogP contribution in [0.4, 0.5) is 5.69 Å². The number of rotatable bonds is 4. The summed E-state index contributed by atoms with van der Waals surface area (Å²) in [6.45, 7) is 8.46. The molecule has 0 fully saturated rings. The van der Waals surface area contributed by atoms with Crippen molar-refractivity contribution in [3.8, 4) is 0 Å². The zero-order valence-corrected chi connectivity index (χ0v) is 17.2. The standard InChI is InChI=1S/C24H26N2S/c1-16-10-12-21(18(3)14-16)23(20-8-6-5-7-9-20)26-24(27)25-22-13-11-17(2)15-19(22)4/h5-15,23H,1-4H3,(H2,25,26,27)/t23-/m1/s1. The molecule has 3 aromatic rings. The number of hydrogen-bond donors (Lipinski definition) is 2. The van der Waals surface area contributed by atoms with Gasteiger partial charge in [0.1, 0.15) is 0 Å². The molecule has 3 heteroatoms. The molecular weight excluding hydrogens is 348 g/mol. The summed E-state index contributed by atoms with van der Waals surface area (Å²) in [6.07, 6.45) is 0. The molecular formula is C24H26N2S.